The Kier molecular flexibility index (Phi) is 17.7. The van der Waals surface area contributed by atoms with E-state index in [9.17, 15) is 0 Å². The first-order valence-electron chi connectivity index (χ1n) is 47.8. The molecule has 0 aromatic heterocycles. The highest BCUT2D eigenvalue weighted by atomic mass is 16.5. The van der Waals surface area contributed by atoms with Crippen LogP contribution in [0, 0.1) is 0 Å². The molecule has 0 unspecified atom stereocenters. The van der Waals surface area contributed by atoms with Crippen molar-refractivity contribution in [3.8, 4) is 136 Å². The Labute approximate surface area is 802 Å². The van der Waals surface area contributed by atoms with E-state index in [1.807, 2.05) is 36.4 Å². The molecule has 139 heavy (non-hydrogen) atoms. The minimum absolute atomic E-state index is 0.0253. The summed E-state index contributed by atoms with van der Waals surface area (Å²) >= 11 is 0. The second-order valence-electron chi connectivity index (χ2n) is 37.1. The van der Waals surface area contributed by atoms with Gasteiger partial charge in [0.15, 0.2) is 0 Å². The van der Waals surface area contributed by atoms with Crippen molar-refractivity contribution in [2.45, 2.75) is 0 Å². The molecule has 6 heterocycles. The Bertz CT molecular complexity index is 9230. The Morgan fingerprint density at radius 2 is 0.367 bits per heavy atom. The molecule has 0 saturated heterocycles. The minimum Gasteiger partial charge on any atom is -0.458 e. The van der Waals surface area contributed by atoms with Gasteiger partial charge in [-0.25, -0.2) is 0 Å². The van der Waals surface area contributed by atoms with Crippen LogP contribution in [-0.4, -0.2) is 20.1 Å². The smallest absolute Gasteiger partial charge is 0.262 e. The van der Waals surface area contributed by atoms with Crippen molar-refractivity contribution >= 4 is 177 Å². The Balaban J connectivity index is 0.000000100. The molecule has 0 fully saturated rings. The van der Waals surface area contributed by atoms with Crippen molar-refractivity contribution in [1.82, 2.24) is 0 Å². The summed E-state index contributed by atoms with van der Waals surface area (Å²) in [4.78, 5) is 0. The Morgan fingerprint density at radius 3 is 0.763 bits per heavy atom. The zero-order valence-corrected chi connectivity index (χ0v) is 75.1. The van der Waals surface area contributed by atoms with Gasteiger partial charge >= 0.3 is 0 Å². The molecule has 0 aliphatic carbocycles. The van der Waals surface area contributed by atoms with E-state index in [-0.39, 0.29) is 20.1 Å². The maximum Gasteiger partial charge on any atom is 0.262 e. The van der Waals surface area contributed by atoms with Crippen LogP contribution in [0.5, 0.6) is 69.0 Å². The lowest BCUT2D eigenvalue weighted by atomic mass is 9.33. The third-order valence-corrected chi connectivity index (χ3v) is 29.7. The van der Waals surface area contributed by atoms with Crippen LogP contribution in [0.2, 0.25) is 0 Å². The van der Waals surface area contributed by atoms with Crippen molar-refractivity contribution in [1.29, 1.82) is 0 Å². The van der Waals surface area contributed by atoms with E-state index in [4.69, 9.17) is 28.4 Å². The molecule has 6 aliphatic heterocycles. The van der Waals surface area contributed by atoms with E-state index in [1.165, 1.54) is 191 Å². The molecule has 25 aromatic rings. The van der Waals surface area contributed by atoms with E-state index < -0.39 is 0 Å². The molecular formula is C130H77B3O6. The summed E-state index contributed by atoms with van der Waals surface area (Å²) in [6.07, 6.45) is 0. The quantitative estimate of drug-likeness (QED) is 0.122. The molecule has 642 valence electrons. The standard InChI is InChI=1S/C46H27BO2.2C42H25BO2/c1-2-14-30(15-3-1)42-34-18-8-10-20-36(34)43(37-21-11-9-19-35(37)42)31-26-40-46-41(27-31)49-39-25-23-29-13-5-7-17-33(29)45(39)47(46)44-32-16-6-4-12-28(32)22-24-38(44)48-40;1-2-14-28-26(12-1)13-11-19-29(28)41-32-17-5-3-15-30(32)40(31-16-4-6-18-33(31)41)27-24-38-42-39(25-27)45-37-23-10-8-21-35(37)43(42)34-20-7-9-22-36(34)44-38;1-2-13-28-26(11-1)12-9-18-29(28)41-32-16-5-3-14-30(32)40(31-15-4-6-17-33(31)41)27-23-24-37-35(25-27)43-34-19-7-8-20-36(34)44-38-21-10-22-39(45-37)42(38)43/h1-27H;2*1-25H. The summed E-state index contributed by atoms with van der Waals surface area (Å²) in [6, 6.07) is 167. The fourth-order valence-corrected chi connectivity index (χ4v) is 24.0. The van der Waals surface area contributed by atoms with Gasteiger partial charge in [-0.1, -0.05) is 394 Å². The zero-order chi connectivity index (χ0) is 91.0. The van der Waals surface area contributed by atoms with E-state index in [0.29, 0.717) is 0 Å². The average molecular weight is 1770 g/mol. The largest absolute Gasteiger partial charge is 0.458 e. The van der Waals surface area contributed by atoms with Crippen LogP contribution in [0.4, 0.5) is 0 Å². The lowest BCUT2D eigenvalue weighted by Gasteiger charge is -2.35. The molecule has 0 radical (unpaired) electrons. The normalized spacial score (nSPS) is 12.8. The Hall–Kier alpha value is -17.9. The van der Waals surface area contributed by atoms with E-state index in [2.05, 4.69) is 431 Å². The number of fused-ring (bicyclic) bond motifs is 24. The third kappa shape index (κ3) is 12.2. The summed E-state index contributed by atoms with van der Waals surface area (Å²) in [5, 5.41) is 24.5. The lowest BCUT2D eigenvalue weighted by molar-refractivity contribution is 0.464. The molecule has 0 atom stereocenters. The van der Waals surface area contributed by atoms with Crippen molar-refractivity contribution in [3.05, 3.63) is 467 Å². The van der Waals surface area contributed by atoms with Crippen molar-refractivity contribution in [3.63, 3.8) is 0 Å². The van der Waals surface area contributed by atoms with E-state index in [0.717, 1.165) is 102 Å². The molecule has 0 saturated carbocycles. The van der Waals surface area contributed by atoms with Gasteiger partial charge < -0.3 is 28.4 Å². The van der Waals surface area contributed by atoms with Crippen LogP contribution < -0.4 is 77.6 Å². The van der Waals surface area contributed by atoms with E-state index >= 15 is 0 Å². The summed E-state index contributed by atoms with van der Waals surface area (Å²) in [7, 11) is 0. The maximum atomic E-state index is 6.96. The SMILES string of the molecule is c1ccc(-c2c3ccccc3c(-c3cc4c5c(c3)Oc3ccc6ccccc6c3B5c3c(ccc5ccccc35)O4)c3ccccc23)cc1.c1ccc2c(c1)Oc1cc(-c3c4ccccc4c(-c4cccc5ccccc45)c4ccccc34)cc3c1B2c1ccccc1O3.c1ccc2c(c1)Oc1cccc3c1B2c1cc(-c2c4ccccc4c(-c4cccc5ccccc45)c4ccccc24)ccc1O3. The van der Waals surface area contributed by atoms with Gasteiger partial charge in [0.1, 0.15) is 69.0 Å². The predicted molar refractivity (Wildman–Crippen MR) is 580 cm³/mol. The first-order valence-corrected chi connectivity index (χ1v) is 47.8. The highest BCUT2D eigenvalue weighted by Crippen LogP contribution is 2.53. The summed E-state index contributed by atoms with van der Waals surface area (Å²) in [6.45, 7) is 0.0382. The van der Waals surface area contributed by atoms with Crippen LogP contribution in [0.1, 0.15) is 0 Å². The van der Waals surface area contributed by atoms with Crippen LogP contribution in [0.25, 0.3) is 174 Å². The van der Waals surface area contributed by atoms with Crippen LogP contribution in [0.3, 0.4) is 0 Å². The first-order chi connectivity index (χ1) is 69.0. The van der Waals surface area contributed by atoms with Gasteiger partial charge in [-0.05, 0) is 280 Å². The number of hydrogen-bond acceptors (Lipinski definition) is 6. The van der Waals surface area contributed by atoms with Gasteiger partial charge in [-0.3, -0.25) is 0 Å². The van der Waals surface area contributed by atoms with Crippen LogP contribution in [0.15, 0.2) is 467 Å². The van der Waals surface area contributed by atoms with Crippen molar-refractivity contribution in [2.24, 2.45) is 0 Å². The van der Waals surface area contributed by atoms with Crippen molar-refractivity contribution in [2.75, 3.05) is 0 Å². The highest BCUT2D eigenvalue weighted by molar-refractivity contribution is 7.01. The number of para-hydroxylation sites is 3. The molecule has 0 bridgehead atoms. The fraction of sp³-hybridized carbons (Fsp3) is 0. The first kappa shape index (κ1) is 78.6. The molecule has 31 rings (SSSR count). The number of ether oxygens (including phenoxy) is 6. The number of rotatable bonds is 6. The van der Waals surface area contributed by atoms with Gasteiger partial charge in [0.2, 0.25) is 0 Å². The van der Waals surface area contributed by atoms with Gasteiger partial charge in [0.05, 0.1) is 0 Å². The second kappa shape index (κ2) is 31.4. The summed E-state index contributed by atoms with van der Waals surface area (Å²) < 4.78 is 40.2. The predicted octanol–water partition coefficient (Wildman–Crippen LogP) is 28.8. The molecule has 0 amide bonds. The summed E-state index contributed by atoms with van der Waals surface area (Å²) in [5.74, 6) is 10.5. The average Bonchev–Trinajstić information content (AvgIpc) is 0.705. The van der Waals surface area contributed by atoms with Crippen LogP contribution in [-0.2, 0) is 0 Å². The zero-order valence-electron chi connectivity index (χ0n) is 75.1. The van der Waals surface area contributed by atoms with Gasteiger partial charge in [0, 0.05) is 16.4 Å². The molecule has 0 spiro atoms. The lowest BCUT2D eigenvalue weighted by Crippen LogP contribution is -2.57. The number of benzene rings is 25. The van der Waals surface area contributed by atoms with Crippen molar-refractivity contribution < 1.29 is 28.4 Å². The van der Waals surface area contributed by atoms with Crippen LogP contribution >= 0.6 is 0 Å². The minimum atomic E-state index is -0.0438. The highest BCUT2D eigenvalue weighted by Gasteiger charge is 2.46. The van der Waals surface area contributed by atoms with Gasteiger partial charge in [0.25, 0.3) is 20.1 Å². The fourth-order valence-electron chi connectivity index (χ4n) is 24.0. The van der Waals surface area contributed by atoms with Gasteiger partial charge in [-0.15, -0.1) is 0 Å². The molecule has 9 heteroatoms. The second-order valence-corrected chi connectivity index (χ2v) is 37.1. The molecular weight excluding hydrogens is 1690 g/mol. The number of hydrogen-bond donors (Lipinski definition) is 0. The third-order valence-electron chi connectivity index (χ3n) is 29.7. The molecule has 25 aromatic carbocycles. The Morgan fingerprint density at radius 1 is 0.122 bits per heavy atom. The summed E-state index contributed by atoms with van der Waals surface area (Å²) in [5.41, 5.74) is 24.8. The topological polar surface area (TPSA) is 55.4 Å². The van der Waals surface area contributed by atoms with Gasteiger partial charge in [-0.2, -0.15) is 0 Å². The maximum absolute atomic E-state index is 6.96. The van der Waals surface area contributed by atoms with E-state index in [1.54, 1.807) is 0 Å². The molecule has 6 nitrogen and oxygen atoms in total. The monoisotopic (exact) mass is 1770 g/mol. The molecule has 6 aliphatic rings. The molecule has 0 N–H and O–H groups in total.